The van der Waals surface area contributed by atoms with E-state index >= 15 is 0 Å². The Balaban J connectivity index is 2.09. The SMILES string of the molecule is NC(=O)C1CCN(C(=O)c2cc(Cl)ccc2F)CC1. The summed E-state index contributed by atoms with van der Waals surface area (Å²) in [6, 6.07) is 3.89. The van der Waals surface area contributed by atoms with Crippen molar-refractivity contribution < 1.29 is 14.0 Å². The van der Waals surface area contributed by atoms with Crippen LogP contribution >= 0.6 is 11.6 Å². The third-order valence-electron chi connectivity index (χ3n) is 3.34. The number of primary amides is 1. The fraction of sp³-hybridized carbons (Fsp3) is 0.385. The molecule has 0 bridgehead atoms. The average molecular weight is 285 g/mol. The molecule has 1 saturated heterocycles. The van der Waals surface area contributed by atoms with E-state index in [2.05, 4.69) is 0 Å². The van der Waals surface area contributed by atoms with Crippen molar-refractivity contribution in [1.82, 2.24) is 4.90 Å². The molecule has 0 aliphatic carbocycles. The van der Waals surface area contributed by atoms with Gasteiger partial charge in [0.2, 0.25) is 5.91 Å². The average Bonchev–Trinajstić information content (AvgIpc) is 2.41. The van der Waals surface area contributed by atoms with Crippen LogP contribution < -0.4 is 5.73 Å². The maximum Gasteiger partial charge on any atom is 0.256 e. The number of halogens is 2. The molecule has 1 fully saturated rings. The first-order valence-electron chi connectivity index (χ1n) is 6.02. The molecule has 6 heteroatoms. The van der Waals surface area contributed by atoms with Gasteiger partial charge in [-0.15, -0.1) is 0 Å². The van der Waals surface area contributed by atoms with Gasteiger partial charge in [-0.05, 0) is 31.0 Å². The summed E-state index contributed by atoms with van der Waals surface area (Å²) in [6.07, 6.45) is 1.03. The number of amides is 2. The zero-order valence-electron chi connectivity index (χ0n) is 10.2. The van der Waals surface area contributed by atoms with Gasteiger partial charge in [0, 0.05) is 24.0 Å². The number of likely N-dealkylation sites (tertiary alicyclic amines) is 1. The molecule has 2 N–H and O–H groups in total. The van der Waals surface area contributed by atoms with Crippen molar-refractivity contribution in [1.29, 1.82) is 0 Å². The van der Waals surface area contributed by atoms with E-state index < -0.39 is 11.7 Å². The Bertz CT molecular complexity index is 513. The smallest absolute Gasteiger partial charge is 0.256 e. The highest BCUT2D eigenvalue weighted by atomic mass is 35.5. The third-order valence-corrected chi connectivity index (χ3v) is 3.58. The third kappa shape index (κ3) is 3.04. The van der Waals surface area contributed by atoms with Gasteiger partial charge >= 0.3 is 0 Å². The number of nitrogens with zero attached hydrogens (tertiary/aromatic N) is 1. The molecule has 1 aliphatic heterocycles. The summed E-state index contributed by atoms with van der Waals surface area (Å²) in [6.45, 7) is 0.802. The van der Waals surface area contributed by atoms with Gasteiger partial charge in [-0.1, -0.05) is 11.6 Å². The molecule has 1 aliphatic rings. The second-order valence-electron chi connectivity index (χ2n) is 4.59. The minimum atomic E-state index is -0.591. The van der Waals surface area contributed by atoms with Crippen LogP contribution in [0.4, 0.5) is 4.39 Å². The van der Waals surface area contributed by atoms with E-state index in [-0.39, 0.29) is 17.4 Å². The van der Waals surface area contributed by atoms with E-state index in [0.29, 0.717) is 31.0 Å². The normalized spacial score (nSPS) is 16.4. The van der Waals surface area contributed by atoms with E-state index in [4.69, 9.17) is 17.3 Å². The molecule has 0 aromatic heterocycles. The fourth-order valence-corrected chi connectivity index (χ4v) is 2.37. The van der Waals surface area contributed by atoms with Crippen LogP contribution in [0.3, 0.4) is 0 Å². The zero-order chi connectivity index (χ0) is 14.0. The number of carbonyl (C=O) groups excluding carboxylic acids is 2. The Morgan fingerprint density at radius 2 is 1.95 bits per heavy atom. The lowest BCUT2D eigenvalue weighted by Gasteiger charge is -2.30. The van der Waals surface area contributed by atoms with Crippen molar-refractivity contribution in [3.63, 3.8) is 0 Å². The van der Waals surface area contributed by atoms with Gasteiger partial charge in [0.1, 0.15) is 5.82 Å². The molecule has 2 rings (SSSR count). The summed E-state index contributed by atoms with van der Waals surface area (Å²) < 4.78 is 13.6. The van der Waals surface area contributed by atoms with Crippen LogP contribution in [0.15, 0.2) is 18.2 Å². The van der Waals surface area contributed by atoms with Crippen LogP contribution in [0, 0.1) is 11.7 Å². The van der Waals surface area contributed by atoms with Gasteiger partial charge < -0.3 is 10.6 Å². The Morgan fingerprint density at radius 3 is 2.53 bits per heavy atom. The number of piperidine rings is 1. The van der Waals surface area contributed by atoms with E-state index in [9.17, 15) is 14.0 Å². The lowest BCUT2D eigenvalue weighted by molar-refractivity contribution is -0.123. The molecule has 0 radical (unpaired) electrons. The molecule has 0 atom stereocenters. The molecule has 1 heterocycles. The number of carbonyl (C=O) groups is 2. The molecule has 102 valence electrons. The predicted octanol–water partition coefficient (Wildman–Crippen LogP) is 1.82. The van der Waals surface area contributed by atoms with Gasteiger partial charge in [-0.2, -0.15) is 0 Å². The van der Waals surface area contributed by atoms with Crippen molar-refractivity contribution in [2.75, 3.05) is 13.1 Å². The van der Waals surface area contributed by atoms with Gasteiger partial charge in [0.25, 0.3) is 5.91 Å². The first-order chi connectivity index (χ1) is 8.99. The number of hydrogen-bond donors (Lipinski definition) is 1. The van der Waals surface area contributed by atoms with Crippen molar-refractivity contribution >= 4 is 23.4 Å². The van der Waals surface area contributed by atoms with Crippen LogP contribution in [0.2, 0.25) is 5.02 Å². The molecule has 1 aromatic carbocycles. The van der Waals surface area contributed by atoms with Crippen LogP contribution in [0.5, 0.6) is 0 Å². The maximum atomic E-state index is 13.6. The number of benzene rings is 1. The molecule has 0 unspecified atom stereocenters. The van der Waals surface area contributed by atoms with Crippen LogP contribution in [-0.2, 0) is 4.79 Å². The van der Waals surface area contributed by atoms with E-state index in [1.54, 1.807) is 0 Å². The Morgan fingerprint density at radius 1 is 1.32 bits per heavy atom. The summed E-state index contributed by atoms with van der Waals surface area (Å²) in [5, 5.41) is 0.316. The summed E-state index contributed by atoms with van der Waals surface area (Å²) >= 11 is 5.77. The minimum Gasteiger partial charge on any atom is -0.369 e. The second kappa shape index (κ2) is 5.57. The van der Waals surface area contributed by atoms with Crippen LogP contribution in [0.1, 0.15) is 23.2 Å². The maximum absolute atomic E-state index is 13.6. The van der Waals surface area contributed by atoms with Crippen molar-refractivity contribution in [3.8, 4) is 0 Å². The van der Waals surface area contributed by atoms with Crippen molar-refractivity contribution in [3.05, 3.63) is 34.6 Å². The number of hydrogen-bond acceptors (Lipinski definition) is 2. The minimum absolute atomic E-state index is 0.0370. The van der Waals surface area contributed by atoms with E-state index in [1.165, 1.54) is 23.1 Å². The standard InChI is InChI=1S/C13H14ClFN2O2/c14-9-1-2-11(15)10(7-9)13(19)17-5-3-8(4-6-17)12(16)18/h1-2,7-8H,3-6H2,(H2,16,18). The Labute approximate surface area is 115 Å². The molecule has 2 amide bonds. The topological polar surface area (TPSA) is 63.4 Å². The predicted molar refractivity (Wildman–Crippen MR) is 69.2 cm³/mol. The number of rotatable bonds is 2. The van der Waals surface area contributed by atoms with E-state index in [1.807, 2.05) is 0 Å². The largest absolute Gasteiger partial charge is 0.369 e. The van der Waals surface area contributed by atoms with Crippen LogP contribution in [0.25, 0.3) is 0 Å². The lowest BCUT2D eigenvalue weighted by atomic mass is 9.96. The Kier molecular flexibility index (Phi) is 4.04. The Hall–Kier alpha value is -1.62. The highest BCUT2D eigenvalue weighted by molar-refractivity contribution is 6.31. The molecule has 0 saturated carbocycles. The van der Waals surface area contributed by atoms with Gasteiger partial charge in [0.05, 0.1) is 5.56 Å². The summed E-state index contributed by atoms with van der Waals surface area (Å²) in [4.78, 5) is 24.7. The molecule has 19 heavy (non-hydrogen) atoms. The molecule has 1 aromatic rings. The molecule has 4 nitrogen and oxygen atoms in total. The van der Waals surface area contributed by atoms with Crippen molar-refractivity contribution in [2.24, 2.45) is 11.7 Å². The first-order valence-corrected chi connectivity index (χ1v) is 6.40. The quantitative estimate of drug-likeness (QED) is 0.900. The van der Waals surface area contributed by atoms with Gasteiger partial charge in [-0.25, -0.2) is 4.39 Å². The highest BCUT2D eigenvalue weighted by Gasteiger charge is 2.27. The monoisotopic (exact) mass is 284 g/mol. The van der Waals surface area contributed by atoms with Gasteiger partial charge in [0.15, 0.2) is 0 Å². The van der Waals surface area contributed by atoms with Crippen molar-refractivity contribution in [2.45, 2.75) is 12.8 Å². The van der Waals surface area contributed by atoms with Crippen LogP contribution in [-0.4, -0.2) is 29.8 Å². The molecular formula is C13H14ClFN2O2. The van der Waals surface area contributed by atoms with E-state index in [0.717, 1.165) is 0 Å². The summed E-state index contributed by atoms with van der Waals surface area (Å²) in [7, 11) is 0. The number of nitrogens with two attached hydrogens (primary N) is 1. The highest BCUT2D eigenvalue weighted by Crippen LogP contribution is 2.21. The zero-order valence-corrected chi connectivity index (χ0v) is 11.0. The molecule has 0 spiro atoms. The second-order valence-corrected chi connectivity index (χ2v) is 5.03. The van der Waals surface area contributed by atoms with Gasteiger partial charge in [-0.3, -0.25) is 9.59 Å². The first kappa shape index (κ1) is 13.8. The molecular weight excluding hydrogens is 271 g/mol. The summed E-state index contributed by atoms with van der Waals surface area (Å²) in [5.74, 6) is -1.54. The summed E-state index contributed by atoms with van der Waals surface area (Å²) in [5.41, 5.74) is 5.19. The fourth-order valence-electron chi connectivity index (χ4n) is 2.20. The lowest BCUT2D eigenvalue weighted by Crippen LogP contribution is -2.42.